The van der Waals surface area contributed by atoms with Gasteiger partial charge in [0.05, 0.1) is 17.1 Å². The summed E-state index contributed by atoms with van der Waals surface area (Å²) in [4.78, 5) is 2.70. The maximum Gasteiger partial charge on any atom is 0.165 e. The van der Waals surface area contributed by atoms with Gasteiger partial charge in [0.15, 0.2) is 11.5 Å². The summed E-state index contributed by atoms with van der Waals surface area (Å²) in [5.41, 5.74) is 1.76. The maximum absolute atomic E-state index is 11.0. The summed E-state index contributed by atoms with van der Waals surface area (Å²) >= 11 is 0. The molecule has 0 amide bonds. The van der Waals surface area contributed by atoms with Gasteiger partial charge in [-0.15, -0.1) is 0 Å². The second-order valence-corrected chi connectivity index (χ2v) is 9.71. The van der Waals surface area contributed by atoms with E-state index in [1.807, 2.05) is 0 Å². The Balaban J connectivity index is 1.56. The predicted octanol–water partition coefficient (Wildman–Crippen LogP) is 2.75. The van der Waals surface area contributed by atoms with Crippen LogP contribution in [0, 0.1) is 5.92 Å². The van der Waals surface area contributed by atoms with E-state index in [4.69, 9.17) is 9.47 Å². The molecule has 3 aliphatic carbocycles. The monoisotopic (exact) mass is 385 g/mol. The molecule has 2 saturated carbocycles. The molecular weight excluding hydrogens is 354 g/mol. The first-order chi connectivity index (χ1) is 13.6. The van der Waals surface area contributed by atoms with Crippen LogP contribution in [0.25, 0.3) is 0 Å². The van der Waals surface area contributed by atoms with E-state index in [1.54, 1.807) is 6.07 Å². The normalized spacial score (nSPS) is 40.9. The number of aromatic hydroxyl groups is 1. The molecule has 2 aliphatic heterocycles. The molecule has 5 heteroatoms. The molecule has 3 fully saturated rings. The van der Waals surface area contributed by atoms with Crippen LogP contribution in [0.3, 0.4) is 0 Å². The Bertz CT molecular complexity index is 804. The Kier molecular flexibility index (Phi) is 3.68. The van der Waals surface area contributed by atoms with Crippen LogP contribution in [-0.4, -0.2) is 58.7 Å². The Hall–Kier alpha value is -1.30. The molecule has 2 bridgehead atoms. The predicted molar refractivity (Wildman–Crippen MR) is 105 cm³/mol. The van der Waals surface area contributed by atoms with Crippen LogP contribution in [0.2, 0.25) is 0 Å². The van der Waals surface area contributed by atoms with Gasteiger partial charge in [0.25, 0.3) is 0 Å². The van der Waals surface area contributed by atoms with Crippen molar-refractivity contribution in [2.75, 3.05) is 19.7 Å². The van der Waals surface area contributed by atoms with E-state index < -0.39 is 6.10 Å². The van der Waals surface area contributed by atoms with Crippen LogP contribution in [0.15, 0.2) is 12.1 Å². The lowest BCUT2D eigenvalue weighted by Gasteiger charge is -2.65. The SMILES string of the molecule is CCCOC12CC[C@H](O)[C@@H]3Oc4c(O)ccc5c4[C@@]31CCN(CC1CC1)[C@@H]2C5. The zero-order chi connectivity index (χ0) is 19.1. The van der Waals surface area contributed by atoms with E-state index in [0.717, 1.165) is 50.3 Å². The van der Waals surface area contributed by atoms with Gasteiger partial charge in [-0.25, -0.2) is 0 Å². The fraction of sp³-hybridized carbons (Fsp3) is 0.739. The summed E-state index contributed by atoms with van der Waals surface area (Å²) in [6.07, 6.45) is 6.34. The number of hydrogen-bond acceptors (Lipinski definition) is 5. The quantitative estimate of drug-likeness (QED) is 0.816. The molecule has 2 heterocycles. The summed E-state index contributed by atoms with van der Waals surface area (Å²) in [6, 6.07) is 4.19. The van der Waals surface area contributed by atoms with Crippen molar-refractivity contribution in [1.29, 1.82) is 0 Å². The van der Waals surface area contributed by atoms with E-state index in [0.29, 0.717) is 18.2 Å². The first-order valence-electron chi connectivity index (χ1n) is 11.2. The van der Waals surface area contributed by atoms with Crippen molar-refractivity contribution < 1.29 is 19.7 Å². The van der Waals surface area contributed by atoms with Gasteiger partial charge in [-0.1, -0.05) is 13.0 Å². The van der Waals surface area contributed by atoms with Gasteiger partial charge in [0, 0.05) is 24.8 Å². The standard InChI is InChI=1S/C23H31NO4/c1-2-11-27-23-8-7-17(26)21-22(23)9-10-24(13-14-3-4-14)18(23)12-15-5-6-16(25)20(28-21)19(15)22/h5-6,14,17-18,21,25-26H,2-4,7-13H2,1H3/t17-,18+,21-,22-,23?/m0/s1. The highest BCUT2D eigenvalue weighted by atomic mass is 16.5. The first-order valence-corrected chi connectivity index (χ1v) is 11.2. The molecule has 1 saturated heterocycles. The van der Waals surface area contributed by atoms with E-state index in [9.17, 15) is 10.2 Å². The number of phenolic OH excluding ortho intramolecular Hbond substituents is 1. The van der Waals surface area contributed by atoms with Crippen LogP contribution in [0.1, 0.15) is 56.6 Å². The van der Waals surface area contributed by atoms with Crippen molar-refractivity contribution in [3.63, 3.8) is 0 Å². The van der Waals surface area contributed by atoms with E-state index in [1.165, 1.54) is 24.9 Å². The van der Waals surface area contributed by atoms with E-state index in [2.05, 4.69) is 17.9 Å². The van der Waals surface area contributed by atoms with Crippen molar-refractivity contribution in [3.8, 4) is 11.5 Å². The zero-order valence-electron chi connectivity index (χ0n) is 16.7. The molecule has 5 atom stereocenters. The molecular formula is C23H31NO4. The van der Waals surface area contributed by atoms with Crippen LogP contribution in [-0.2, 0) is 16.6 Å². The van der Waals surface area contributed by atoms with Gasteiger partial charge in [-0.2, -0.15) is 0 Å². The smallest absolute Gasteiger partial charge is 0.165 e. The van der Waals surface area contributed by atoms with Gasteiger partial charge in [-0.05, 0) is 69.0 Å². The van der Waals surface area contributed by atoms with E-state index in [-0.39, 0.29) is 22.9 Å². The minimum absolute atomic E-state index is 0.206. The lowest BCUT2D eigenvalue weighted by molar-refractivity contribution is -0.233. The van der Waals surface area contributed by atoms with E-state index >= 15 is 0 Å². The number of rotatable bonds is 5. The third-order valence-electron chi connectivity index (χ3n) is 8.25. The number of likely N-dealkylation sites (tertiary alicyclic amines) is 1. The summed E-state index contributed by atoms with van der Waals surface area (Å²) in [7, 11) is 0. The summed E-state index contributed by atoms with van der Waals surface area (Å²) in [6.45, 7) is 5.11. The largest absolute Gasteiger partial charge is 0.504 e. The molecule has 1 unspecified atom stereocenters. The number of ether oxygens (including phenoxy) is 2. The van der Waals surface area contributed by atoms with Crippen molar-refractivity contribution in [1.82, 2.24) is 4.90 Å². The lowest BCUT2D eigenvalue weighted by Crippen LogP contribution is -2.78. The molecule has 1 aromatic carbocycles. The van der Waals surface area contributed by atoms with Crippen molar-refractivity contribution in [2.24, 2.45) is 5.92 Å². The topological polar surface area (TPSA) is 62.2 Å². The molecule has 0 aromatic heterocycles. The fourth-order valence-corrected chi connectivity index (χ4v) is 7.00. The van der Waals surface area contributed by atoms with Gasteiger partial charge >= 0.3 is 0 Å². The van der Waals surface area contributed by atoms with Gasteiger partial charge < -0.3 is 19.7 Å². The third-order valence-corrected chi connectivity index (χ3v) is 8.25. The van der Waals surface area contributed by atoms with Crippen LogP contribution in [0.4, 0.5) is 0 Å². The number of aliphatic hydroxyl groups excluding tert-OH is 1. The highest BCUT2D eigenvalue weighted by Gasteiger charge is 2.74. The maximum atomic E-state index is 11.0. The number of phenols is 1. The Morgan fingerprint density at radius 1 is 1.25 bits per heavy atom. The lowest BCUT2D eigenvalue weighted by atomic mass is 9.48. The minimum atomic E-state index is -0.508. The van der Waals surface area contributed by atoms with Crippen LogP contribution >= 0.6 is 0 Å². The molecule has 5 nitrogen and oxygen atoms in total. The zero-order valence-corrected chi connectivity index (χ0v) is 16.7. The second-order valence-electron chi connectivity index (χ2n) is 9.71. The molecule has 1 aromatic rings. The van der Waals surface area contributed by atoms with Crippen LogP contribution < -0.4 is 4.74 Å². The average molecular weight is 386 g/mol. The van der Waals surface area contributed by atoms with Gasteiger partial charge in [0.1, 0.15) is 6.10 Å². The molecule has 2 N–H and O–H groups in total. The average Bonchev–Trinajstić information content (AvgIpc) is 3.43. The summed E-state index contributed by atoms with van der Waals surface area (Å²) < 4.78 is 13.2. The number of benzene rings is 1. The molecule has 6 rings (SSSR count). The first kappa shape index (κ1) is 17.5. The highest BCUT2D eigenvalue weighted by Crippen LogP contribution is 2.66. The Morgan fingerprint density at radius 2 is 2.11 bits per heavy atom. The molecule has 5 aliphatic rings. The third kappa shape index (κ3) is 2.03. The second kappa shape index (κ2) is 5.87. The number of aliphatic hydroxyl groups is 1. The van der Waals surface area contributed by atoms with Crippen LogP contribution in [0.5, 0.6) is 11.5 Å². The fourth-order valence-electron chi connectivity index (χ4n) is 7.00. The minimum Gasteiger partial charge on any atom is -0.504 e. The molecule has 28 heavy (non-hydrogen) atoms. The molecule has 152 valence electrons. The summed E-state index contributed by atoms with van der Waals surface area (Å²) in [5, 5.41) is 21.5. The summed E-state index contributed by atoms with van der Waals surface area (Å²) in [5.74, 6) is 1.67. The Labute approximate surface area is 166 Å². The van der Waals surface area contributed by atoms with Crippen molar-refractivity contribution in [3.05, 3.63) is 23.3 Å². The van der Waals surface area contributed by atoms with Gasteiger partial charge in [-0.3, -0.25) is 4.90 Å². The Morgan fingerprint density at radius 3 is 2.89 bits per heavy atom. The highest BCUT2D eigenvalue weighted by molar-refractivity contribution is 5.62. The van der Waals surface area contributed by atoms with Gasteiger partial charge in [0.2, 0.25) is 0 Å². The number of piperidine rings is 1. The molecule has 1 spiro atoms. The molecule has 0 radical (unpaired) electrons. The number of hydrogen-bond donors (Lipinski definition) is 2. The number of nitrogens with zero attached hydrogens (tertiary/aromatic N) is 1. The van der Waals surface area contributed by atoms with Crippen molar-refractivity contribution in [2.45, 2.75) is 81.1 Å². The van der Waals surface area contributed by atoms with Crippen molar-refractivity contribution >= 4 is 0 Å².